The number of rotatable bonds is 7. The van der Waals surface area contributed by atoms with Crippen molar-refractivity contribution in [3.63, 3.8) is 0 Å². The molecular weight excluding hydrogens is 448 g/mol. The maximum Gasteiger partial charge on any atom is 0.324 e. The van der Waals surface area contributed by atoms with Gasteiger partial charge in [0, 0.05) is 12.3 Å². The third-order valence-corrected chi connectivity index (χ3v) is 6.75. The number of carbonyl (C=O) groups is 3. The molecule has 7 nitrogen and oxygen atoms in total. The van der Waals surface area contributed by atoms with E-state index in [4.69, 9.17) is 0 Å². The predicted octanol–water partition coefficient (Wildman–Crippen LogP) is 4.54. The van der Waals surface area contributed by atoms with E-state index in [1.165, 1.54) is 22.2 Å². The van der Waals surface area contributed by atoms with Gasteiger partial charge in [-0.15, -0.1) is 0 Å². The molecule has 2 aliphatic heterocycles. The quantitative estimate of drug-likeness (QED) is 0.361. The first-order valence-electron chi connectivity index (χ1n) is 11.4. The Hall–Kier alpha value is -3.39. The van der Waals surface area contributed by atoms with E-state index in [9.17, 15) is 14.4 Å². The molecule has 2 aromatic carbocycles. The van der Waals surface area contributed by atoms with Gasteiger partial charge in [0.25, 0.3) is 5.91 Å². The highest BCUT2D eigenvalue weighted by molar-refractivity contribution is 8.14. The van der Waals surface area contributed by atoms with Gasteiger partial charge in [-0.05, 0) is 48.6 Å². The second kappa shape index (κ2) is 10.3. The molecule has 0 aliphatic carbocycles. The van der Waals surface area contributed by atoms with E-state index < -0.39 is 0 Å². The third-order valence-electron chi connectivity index (χ3n) is 5.72. The van der Waals surface area contributed by atoms with Gasteiger partial charge >= 0.3 is 6.03 Å². The molecule has 34 heavy (non-hydrogen) atoms. The second-order valence-corrected chi connectivity index (χ2v) is 9.69. The van der Waals surface area contributed by atoms with Gasteiger partial charge < -0.3 is 5.32 Å². The first-order valence-corrected chi connectivity index (χ1v) is 12.3. The van der Waals surface area contributed by atoms with E-state index in [2.05, 4.69) is 36.3 Å². The standard InChI is InChI=1S/C26H28N4O3S/c1-17(2)20-9-7-19(8-10-20)15-22-24(32)30(21-11-5-18(3)6-12-21)26(28-22)34-14-4-13-29-23(31)16-27-25(29)33/h5-12,15,17H,4,13-14,16H2,1-3H3,(H,27,33)/b22-15-. The van der Waals surface area contributed by atoms with Crippen LogP contribution in [0.15, 0.2) is 59.2 Å². The molecule has 0 bridgehead atoms. The Labute approximate surface area is 203 Å². The van der Waals surface area contributed by atoms with Crippen LogP contribution >= 0.6 is 11.8 Å². The summed E-state index contributed by atoms with van der Waals surface area (Å²) < 4.78 is 0. The number of amidine groups is 1. The van der Waals surface area contributed by atoms with Crippen molar-refractivity contribution in [3.05, 3.63) is 70.9 Å². The predicted molar refractivity (Wildman–Crippen MR) is 137 cm³/mol. The van der Waals surface area contributed by atoms with Gasteiger partial charge in [-0.1, -0.05) is 67.6 Å². The number of anilines is 1. The zero-order chi connectivity index (χ0) is 24.2. The van der Waals surface area contributed by atoms with E-state index in [0.717, 1.165) is 16.8 Å². The molecule has 0 atom stereocenters. The summed E-state index contributed by atoms with van der Waals surface area (Å²) in [6.45, 7) is 6.69. The number of aryl methyl sites for hydroxylation is 1. The Bertz CT molecular complexity index is 1140. The number of urea groups is 1. The highest BCUT2D eigenvalue weighted by Crippen LogP contribution is 2.30. The molecule has 1 saturated heterocycles. The van der Waals surface area contributed by atoms with Crippen molar-refractivity contribution in [3.8, 4) is 0 Å². The maximum atomic E-state index is 13.3. The topological polar surface area (TPSA) is 82.1 Å². The summed E-state index contributed by atoms with van der Waals surface area (Å²) in [7, 11) is 0. The van der Waals surface area contributed by atoms with Crippen LogP contribution in [0.25, 0.3) is 6.08 Å². The monoisotopic (exact) mass is 476 g/mol. The summed E-state index contributed by atoms with van der Waals surface area (Å²) in [6.07, 6.45) is 2.42. The SMILES string of the molecule is Cc1ccc(N2C(=O)/C(=C/c3ccc(C(C)C)cc3)N=C2SCCCN2C(=O)CNC2=O)cc1. The fourth-order valence-corrected chi connectivity index (χ4v) is 4.65. The van der Waals surface area contributed by atoms with Crippen LogP contribution in [-0.4, -0.2) is 46.8 Å². The van der Waals surface area contributed by atoms with Crippen LogP contribution in [0, 0.1) is 6.92 Å². The molecule has 2 heterocycles. The van der Waals surface area contributed by atoms with Crippen LogP contribution in [0.3, 0.4) is 0 Å². The zero-order valence-electron chi connectivity index (χ0n) is 19.6. The number of benzene rings is 2. The summed E-state index contributed by atoms with van der Waals surface area (Å²) >= 11 is 1.45. The van der Waals surface area contributed by atoms with Crippen LogP contribution in [0.2, 0.25) is 0 Å². The minimum absolute atomic E-state index is 0.0562. The lowest BCUT2D eigenvalue weighted by Gasteiger charge is -2.18. The summed E-state index contributed by atoms with van der Waals surface area (Å²) in [4.78, 5) is 44.3. The third kappa shape index (κ3) is 5.22. The normalized spacial score (nSPS) is 17.2. The number of nitrogens with zero attached hydrogens (tertiary/aromatic N) is 3. The minimum atomic E-state index is -0.349. The average molecular weight is 477 g/mol. The van der Waals surface area contributed by atoms with Crippen LogP contribution in [0.5, 0.6) is 0 Å². The smallest absolute Gasteiger partial charge is 0.324 e. The number of hydrogen-bond donors (Lipinski definition) is 1. The van der Waals surface area contributed by atoms with Gasteiger partial charge in [0.05, 0.1) is 12.2 Å². The van der Waals surface area contributed by atoms with E-state index in [-0.39, 0.29) is 24.4 Å². The van der Waals surface area contributed by atoms with Gasteiger partial charge in [-0.3, -0.25) is 19.4 Å². The summed E-state index contributed by atoms with van der Waals surface area (Å²) in [5.41, 5.74) is 4.41. The van der Waals surface area contributed by atoms with Crippen LogP contribution < -0.4 is 10.2 Å². The van der Waals surface area contributed by atoms with Crippen molar-refractivity contribution in [2.45, 2.75) is 33.1 Å². The van der Waals surface area contributed by atoms with E-state index in [1.807, 2.05) is 49.4 Å². The van der Waals surface area contributed by atoms with E-state index in [1.54, 1.807) is 4.90 Å². The number of hydrogen-bond acceptors (Lipinski definition) is 5. The molecule has 176 valence electrons. The zero-order valence-corrected chi connectivity index (χ0v) is 20.4. The van der Waals surface area contributed by atoms with Crippen LogP contribution in [0.4, 0.5) is 10.5 Å². The lowest BCUT2D eigenvalue weighted by molar-refractivity contribution is -0.125. The molecule has 4 amide bonds. The van der Waals surface area contributed by atoms with Crippen molar-refractivity contribution < 1.29 is 14.4 Å². The number of aliphatic imine (C=N–C) groups is 1. The van der Waals surface area contributed by atoms with Crippen molar-refractivity contribution in [1.29, 1.82) is 0 Å². The Morgan fingerprint density at radius 3 is 2.38 bits per heavy atom. The number of carbonyl (C=O) groups excluding carboxylic acids is 3. The molecule has 0 aromatic heterocycles. The lowest BCUT2D eigenvalue weighted by Crippen LogP contribution is -2.32. The molecule has 0 saturated carbocycles. The van der Waals surface area contributed by atoms with E-state index >= 15 is 0 Å². The number of nitrogens with one attached hydrogen (secondary N) is 1. The first kappa shape index (κ1) is 23.8. The molecule has 8 heteroatoms. The van der Waals surface area contributed by atoms with Crippen molar-refractivity contribution in [2.24, 2.45) is 4.99 Å². The highest BCUT2D eigenvalue weighted by atomic mass is 32.2. The average Bonchev–Trinajstić information content (AvgIpc) is 3.30. The molecule has 0 spiro atoms. The molecule has 4 rings (SSSR count). The van der Waals surface area contributed by atoms with E-state index in [0.29, 0.717) is 35.5 Å². The fraction of sp³-hybridized carbons (Fsp3) is 0.308. The Balaban J connectivity index is 1.52. The molecule has 2 aliphatic rings. The number of amides is 4. The molecule has 1 fully saturated rings. The first-order chi connectivity index (χ1) is 16.3. The van der Waals surface area contributed by atoms with Crippen molar-refractivity contribution >= 4 is 46.5 Å². The lowest BCUT2D eigenvalue weighted by atomic mass is 10.0. The van der Waals surface area contributed by atoms with Gasteiger partial charge in [-0.25, -0.2) is 9.79 Å². The molecule has 0 radical (unpaired) electrons. The van der Waals surface area contributed by atoms with Gasteiger partial charge in [-0.2, -0.15) is 0 Å². The Morgan fingerprint density at radius 1 is 1.06 bits per heavy atom. The summed E-state index contributed by atoms with van der Waals surface area (Å²) in [5.74, 6) is 0.670. The van der Waals surface area contributed by atoms with Crippen LogP contribution in [0.1, 0.15) is 42.9 Å². The van der Waals surface area contributed by atoms with Crippen LogP contribution in [-0.2, 0) is 9.59 Å². The minimum Gasteiger partial charge on any atom is -0.329 e. The second-order valence-electron chi connectivity index (χ2n) is 8.63. The molecule has 0 unspecified atom stereocenters. The molecule has 2 aromatic rings. The maximum absolute atomic E-state index is 13.3. The largest absolute Gasteiger partial charge is 0.329 e. The number of imide groups is 1. The Kier molecular flexibility index (Phi) is 7.17. The summed E-state index contributed by atoms with van der Waals surface area (Å²) in [5, 5.41) is 3.12. The summed E-state index contributed by atoms with van der Waals surface area (Å²) in [6, 6.07) is 15.6. The van der Waals surface area contributed by atoms with Gasteiger partial charge in [0.1, 0.15) is 5.70 Å². The fourth-order valence-electron chi connectivity index (χ4n) is 3.72. The highest BCUT2D eigenvalue weighted by Gasteiger charge is 2.32. The molecule has 1 N–H and O–H groups in total. The van der Waals surface area contributed by atoms with Crippen molar-refractivity contribution in [2.75, 3.05) is 23.7 Å². The van der Waals surface area contributed by atoms with Gasteiger partial charge in [0.2, 0.25) is 5.91 Å². The van der Waals surface area contributed by atoms with Gasteiger partial charge in [0.15, 0.2) is 5.17 Å². The van der Waals surface area contributed by atoms with Crippen molar-refractivity contribution in [1.82, 2.24) is 10.2 Å². The number of thioether (sulfide) groups is 1. The Morgan fingerprint density at radius 2 is 1.76 bits per heavy atom. The molecular formula is C26H28N4O3S.